The van der Waals surface area contributed by atoms with Crippen LogP contribution in [-0.4, -0.2) is 22.1 Å². The van der Waals surface area contributed by atoms with E-state index in [-0.39, 0.29) is 17.1 Å². The molecular formula is C9H12BNO4. The van der Waals surface area contributed by atoms with Crippen LogP contribution in [0.2, 0.25) is 0 Å². The van der Waals surface area contributed by atoms with Crippen LogP contribution in [0.1, 0.15) is 25.3 Å². The van der Waals surface area contributed by atoms with Gasteiger partial charge in [-0.1, -0.05) is 19.9 Å². The van der Waals surface area contributed by atoms with Gasteiger partial charge in [-0.15, -0.1) is 0 Å². The maximum atomic E-state index is 10.6. The second-order valence-electron chi connectivity index (χ2n) is 3.64. The zero-order chi connectivity index (χ0) is 11.6. The van der Waals surface area contributed by atoms with Crippen LogP contribution in [-0.2, 0) is 0 Å². The van der Waals surface area contributed by atoms with E-state index in [1.165, 1.54) is 6.07 Å². The average Bonchev–Trinajstić information content (AvgIpc) is 2.16. The quantitative estimate of drug-likeness (QED) is 0.428. The van der Waals surface area contributed by atoms with Gasteiger partial charge in [0.1, 0.15) is 0 Å². The maximum Gasteiger partial charge on any atom is 0.488 e. The number of nitrogens with zero attached hydrogens (tertiary/aromatic N) is 1. The Kier molecular flexibility index (Phi) is 3.44. The topological polar surface area (TPSA) is 83.6 Å². The lowest BCUT2D eigenvalue weighted by atomic mass is 9.78. The van der Waals surface area contributed by atoms with Gasteiger partial charge in [0, 0.05) is 12.1 Å². The second kappa shape index (κ2) is 4.42. The molecule has 0 radical (unpaired) electrons. The first kappa shape index (κ1) is 11.7. The van der Waals surface area contributed by atoms with Gasteiger partial charge in [0.25, 0.3) is 5.69 Å². The zero-order valence-corrected chi connectivity index (χ0v) is 8.54. The Balaban J connectivity index is 3.26. The summed E-state index contributed by atoms with van der Waals surface area (Å²) in [5.41, 5.74) is 0.740. The number of nitro benzene ring substituents is 1. The summed E-state index contributed by atoms with van der Waals surface area (Å²) in [6, 6.07) is 4.16. The monoisotopic (exact) mass is 209 g/mol. The smallest absolute Gasteiger partial charge is 0.423 e. The molecule has 0 aliphatic heterocycles. The van der Waals surface area contributed by atoms with E-state index in [2.05, 4.69) is 0 Å². The first-order chi connectivity index (χ1) is 6.91. The summed E-state index contributed by atoms with van der Waals surface area (Å²) in [7, 11) is -1.68. The third-order valence-corrected chi connectivity index (χ3v) is 2.14. The zero-order valence-electron chi connectivity index (χ0n) is 8.54. The van der Waals surface area contributed by atoms with Crippen molar-refractivity contribution in [3.63, 3.8) is 0 Å². The van der Waals surface area contributed by atoms with E-state index in [0.717, 1.165) is 6.07 Å². The molecule has 2 N–H and O–H groups in total. The van der Waals surface area contributed by atoms with Crippen LogP contribution in [0.3, 0.4) is 0 Å². The Labute approximate surface area is 87.7 Å². The number of non-ortho nitro benzene ring substituents is 1. The Morgan fingerprint density at radius 3 is 2.33 bits per heavy atom. The second-order valence-corrected chi connectivity index (χ2v) is 3.64. The third kappa shape index (κ3) is 2.77. The van der Waals surface area contributed by atoms with Crippen molar-refractivity contribution in [2.75, 3.05) is 0 Å². The van der Waals surface area contributed by atoms with Gasteiger partial charge in [-0.05, 0) is 16.9 Å². The first-order valence-electron chi connectivity index (χ1n) is 4.57. The standard InChI is InChI=1S/C9H12BNO4/c1-6(2)7-3-8(10(12)13)5-9(4-7)11(14)15/h3-6,12-13H,1-2H3. The van der Waals surface area contributed by atoms with Gasteiger partial charge in [-0.3, -0.25) is 10.1 Å². The molecule has 0 unspecified atom stereocenters. The average molecular weight is 209 g/mol. The lowest BCUT2D eigenvalue weighted by Gasteiger charge is -2.07. The minimum atomic E-state index is -1.68. The fourth-order valence-corrected chi connectivity index (χ4v) is 1.25. The van der Waals surface area contributed by atoms with Crippen molar-refractivity contribution < 1.29 is 15.0 Å². The number of nitro groups is 1. The molecule has 80 valence electrons. The van der Waals surface area contributed by atoms with E-state index in [1.807, 2.05) is 13.8 Å². The highest BCUT2D eigenvalue weighted by Gasteiger charge is 2.18. The number of hydrogen-bond donors (Lipinski definition) is 2. The number of rotatable bonds is 3. The largest absolute Gasteiger partial charge is 0.488 e. The molecule has 0 aromatic heterocycles. The molecule has 0 saturated carbocycles. The molecule has 0 aliphatic carbocycles. The first-order valence-corrected chi connectivity index (χ1v) is 4.57. The number of benzene rings is 1. The molecule has 0 amide bonds. The molecule has 0 spiro atoms. The molecule has 0 fully saturated rings. The summed E-state index contributed by atoms with van der Waals surface area (Å²) in [6.45, 7) is 3.76. The van der Waals surface area contributed by atoms with Crippen LogP contribution < -0.4 is 5.46 Å². The van der Waals surface area contributed by atoms with Crippen molar-refractivity contribution in [2.24, 2.45) is 0 Å². The summed E-state index contributed by atoms with van der Waals surface area (Å²) in [4.78, 5) is 10.0. The van der Waals surface area contributed by atoms with Crippen molar-refractivity contribution in [3.8, 4) is 0 Å². The van der Waals surface area contributed by atoms with Crippen molar-refractivity contribution in [1.82, 2.24) is 0 Å². The summed E-state index contributed by atoms with van der Waals surface area (Å²) in [5.74, 6) is 0.0994. The van der Waals surface area contributed by atoms with Crippen molar-refractivity contribution in [3.05, 3.63) is 33.9 Å². The molecule has 5 nitrogen and oxygen atoms in total. The lowest BCUT2D eigenvalue weighted by Crippen LogP contribution is -2.30. The Morgan fingerprint density at radius 2 is 1.93 bits per heavy atom. The molecule has 15 heavy (non-hydrogen) atoms. The molecule has 0 saturated heterocycles. The molecule has 0 aliphatic rings. The molecule has 1 rings (SSSR count). The van der Waals surface area contributed by atoms with E-state index in [9.17, 15) is 10.1 Å². The lowest BCUT2D eigenvalue weighted by molar-refractivity contribution is -0.384. The molecule has 0 bridgehead atoms. The predicted molar refractivity (Wildman–Crippen MR) is 57.0 cm³/mol. The Bertz CT molecular complexity index is 352. The van der Waals surface area contributed by atoms with Gasteiger partial charge in [0.2, 0.25) is 0 Å². The normalized spacial score (nSPS) is 10.5. The highest BCUT2D eigenvalue weighted by atomic mass is 16.6. The summed E-state index contributed by atoms with van der Waals surface area (Å²) >= 11 is 0. The van der Waals surface area contributed by atoms with E-state index >= 15 is 0 Å². The fourth-order valence-electron chi connectivity index (χ4n) is 1.25. The van der Waals surface area contributed by atoms with Crippen LogP contribution in [0.25, 0.3) is 0 Å². The SMILES string of the molecule is CC(C)c1cc(B(O)O)cc([N+](=O)[O-])c1. The van der Waals surface area contributed by atoms with E-state index in [0.29, 0.717) is 5.56 Å². The van der Waals surface area contributed by atoms with Crippen molar-refractivity contribution in [1.29, 1.82) is 0 Å². The van der Waals surface area contributed by atoms with E-state index in [4.69, 9.17) is 10.0 Å². The highest BCUT2D eigenvalue weighted by Crippen LogP contribution is 2.19. The molecule has 0 atom stereocenters. The van der Waals surface area contributed by atoms with Crippen LogP contribution in [0, 0.1) is 10.1 Å². The van der Waals surface area contributed by atoms with E-state index < -0.39 is 12.0 Å². The van der Waals surface area contributed by atoms with Crippen LogP contribution >= 0.6 is 0 Å². The fraction of sp³-hybridized carbons (Fsp3) is 0.333. The minimum Gasteiger partial charge on any atom is -0.423 e. The molecule has 6 heteroatoms. The predicted octanol–water partition coefficient (Wildman–Crippen LogP) is 0.398. The minimum absolute atomic E-state index is 0.0994. The van der Waals surface area contributed by atoms with Gasteiger partial charge < -0.3 is 10.0 Å². The molecule has 0 heterocycles. The molecular weight excluding hydrogens is 197 g/mol. The number of hydrogen-bond acceptors (Lipinski definition) is 4. The Morgan fingerprint density at radius 1 is 1.33 bits per heavy atom. The molecule has 1 aromatic rings. The van der Waals surface area contributed by atoms with Gasteiger partial charge in [0.15, 0.2) is 0 Å². The third-order valence-electron chi connectivity index (χ3n) is 2.14. The van der Waals surface area contributed by atoms with Crippen molar-refractivity contribution >= 4 is 18.3 Å². The summed E-state index contributed by atoms with van der Waals surface area (Å²) in [6.07, 6.45) is 0. The van der Waals surface area contributed by atoms with Crippen LogP contribution in [0.4, 0.5) is 5.69 Å². The summed E-state index contributed by atoms with van der Waals surface area (Å²) < 4.78 is 0. The van der Waals surface area contributed by atoms with Crippen LogP contribution in [0.15, 0.2) is 18.2 Å². The highest BCUT2D eigenvalue weighted by molar-refractivity contribution is 6.58. The van der Waals surface area contributed by atoms with Crippen LogP contribution in [0.5, 0.6) is 0 Å². The van der Waals surface area contributed by atoms with Crippen molar-refractivity contribution in [2.45, 2.75) is 19.8 Å². The molecule has 1 aromatic carbocycles. The van der Waals surface area contributed by atoms with Gasteiger partial charge in [-0.2, -0.15) is 0 Å². The van der Waals surface area contributed by atoms with E-state index in [1.54, 1.807) is 6.07 Å². The van der Waals surface area contributed by atoms with Gasteiger partial charge >= 0.3 is 7.12 Å². The van der Waals surface area contributed by atoms with Gasteiger partial charge in [-0.25, -0.2) is 0 Å². The maximum absolute atomic E-state index is 10.6. The van der Waals surface area contributed by atoms with Gasteiger partial charge in [0.05, 0.1) is 4.92 Å². The summed E-state index contributed by atoms with van der Waals surface area (Å²) in [5, 5.41) is 28.5. The Hall–Kier alpha value is -1.40.